The van der Waals surface area contributed by atoms with Gasteiger partial charge < -0.3 is 23.4 Å². The number of ether oxygens (including phenoxy) is 4. The van der Waals surface area contributed by atoms with E-state index in [0.717, 1.165) is 5.56 Å². The number of hydrogen-bond acceptors (Lipinski definition) is 9. The van der Waals surface area contributed by atoms with Gasteiger partial charge in [0.05, 0.1) is 30.5 Å². The van der Waals surface area contributed by atoms with Gasteiger partial charge in [-0.05, 0) is 57.4 Å². The van der Waals surface area contributed by atoms with Gasteiger partial charge in [0.1, 0.15) is 18.1 Å². The molecule has 9 nitrogen and oxygen atoms in total. The molecule has 5 rings (SSSR count). The van der Waals surface area contributed by atoms with Crippen molar-refractivity contribution >= 4 is 23.9 Å². The van der Waals surface area contributed by atoms with E-state index in [9.17, 15) is 19.2 Å². The van der Waals surface area contributed by atoms with Gasteiger partial charge in [-0.1, -0.05) is 26.8 Å². The summed E-state index contributed by atoms with van der Waals surface area (Å²) in [5.41, 5.74) is -0.476. The molecule has 2 spiro atoms. The van der Waals surface area contributed by atoms with Crippen molar-refractivity contribution in [3.63, 3.8) is 0 Å². The van der Waals surface area contributed by atoms with E-state index in [1.807, 2.05) is 6.92 Å². The molecule has 0 N–H and O–H groups in total. The molecule has 9 atom stereocenters. The topological polar surface area (TPSA) is 118 Å². The lowest BCUT2D eigenvalue weighted by molar-refractivity contribution is -0.213. The summed E-state index contributed by atoms with van der Waals surface area (Å²) < 4.78 is 28.9. The lowest BCUT2D eigenvalue weighted by Crippen LogP contribution is -2.64. The molecule has 2 saturated carbocycles. The summed E-state index contributed by atoms with van der Waals surface area (Å²) in [6, 6.07) is 1.79. The van der Waals surface area contributed by atoms with Crippen LogP contribution in [0.1, 0.15) is 78.4 Å². The van der Waals surface area contributed by atoms with E-state index in [2.05, 4.69) is 6.92 Å². The predicted molar refractivity (Wildman–Crippen MR) is 137 cm³/mol. The van der Waals surface area contributed by atoms with Crippen LogP contribution in [0.3, 0.4) is 0 Å². The van der Waals surface area contributed by atoms with E-state index >= 15 is 0 Å². The highest BCUT2D eigenvalue weighted by atomic mass is 16.6. The van der Waals surface area contributed by atoms with Gasteiger partial charge in [-0.2, -0.15) is 0 Å². The molecular weight excluding hydrogens is 504 g/mol. The molecule has 0 unspecified atom stereocenters. The van der Waals surface area contributed by atoms with E-state index in [1.165, 1.54) is 0 Å². The summed E-state index contributed by atoms with van der Waals surface area (Å²) in [4.78, 5) is 53.3. The summed E-state index contributed by atoms with van der Waals surface area (Å²) >= 11 is 0. The first-order chi connectivity index (χ1) is 18.6. The van der Waals surface area contributed by atoms with Crippen LogP contribution in [0.5, 0.6) is 0 Å². The molecule has 9 heteroatoms. The fraction of sp³-hybridized carbons (Fsp3) is 0.667. The van der Waals surface area contributed by atoms with Crippen molar-refractivity contribution in [1.29, 1.82) is 0 Å². The summed E-state index contributed by atoms with van der Waals surface area (Å²) in [7, 11) is 0. The molecule has 212 valence electrons. The molecule has 0 radical (unpaired) electrons. The quantitative estimate of drug-likeness (QED) is 0.286. The Bertz CT molecular complexity index is 1170. The van der Waals surface area contributed by atoms with E-state index in [4.69, 9.17) is 23.4 Å². The van der Waals surface area contributed by atoms with Crippen molar-refractivity contribution in [3.05, 3.63) is 35.8 Å². The molecule has 1 aromatic heterocycles. The molecule has 2 aliphatic heterocycles. The number of furan rings is 1. The second kappa shape index (κ2) is 10.1. The number of hydrogen-bond donors (Lipinski definition) is 0. The highest BCUT2D eigenvalue weighted by molar-refractivity contribution is 5.88. The first-order valence-corrected chi connectivity index (χ1v) is 14.0. The first kappa shape index (κ1) is 27.5. The summed E-state index contributed by atoms with van der Waals surface area (Å²) in [5, 5.41) is 0. The van der Waals surface area contributed by atoms with Crippen LogP contribution in [0.4, 0.5) is 0 Å². The molecule has 4 aliphatic rings. The van der Waals surface area contributed by atoms with Crippen LogP contribution in [-0.4, -0.2) is 42.7 Å². The number of carbonyl (C=O) groups is 4. The average Bonchev–Trinajstić information content (AvgIpc) is 3.65. The number of esters is 4. The van der Waals surface area contributed by atoms with Gasteiger partial charge in [-0.15, -0.1) is 0 Å². The number of carbonyl (C=O) groups excluding carboxylic acids is 4. The van der Waals surface area contributed by atoms with Crippen molar-refractivity contribution in [3.8, 4) is 0 Å². The average molecular weight is 543 g/mol. The normalized spacial score (nSPS) is 38.4. The second-order valence-electron chi connectivity index (χ2n) is 11.9. The van der Waals surface area contributed by atoms with Crippen molar-refractivity contribution in [2.24, 2.45) is 34.5 Å². The molecule has 39 heavy (non-hydrogen) atoms. The molecular formula is C30H38O9. The monoisotopic (exact) mass is 542 g/mol. The largest absolute Gasteiger partial charge is 0.472 e. The van der Waals surface area contributed by atoms with Gasteiger partial charge in [0.25, 0.3) is 0 Å². The van der Waals surface area contributed by atoms with Crippen molar-refractivity contribution < 1.29 is 42.5 Å². The lowest BCUT2D eigenvalue weighted by atomic mass is 9.43. The van der Waals surface area contributed by atoms with E-state index in [1.54, 1.807) is 45.4 Å². The van der Waals surface area contributed by atoms with Crippen LogP contribution in [0.15, 0.2) is 34.7 Å². The van der Waals surface area contributed by atoms with Gasteiger partial charge in [-0.3, -0.25) is 14.4 Å². The zero-order valence-electron chi connectivity index (χ0n) is 23.3. The minimum Gasteiger partial charge on any atom is -0.472 e. The molecule has 0 aromatic carbocycles. The Kier molecular flexibility index (Phi) is 7.14. The second-order valence-corrected chi connectivity index (χ2v) is 11.9. The minimum atomic E-state index is -1.00. The maximum Gasteiger partial charge on any atom is 0.333 e. The molecule has 3 heterocycles. The highest BCUT2D eigenvalue weighted by Gasteiger charge is 2.74. The molecule has 1 aromatic rings. The van der Waals surface area contributed by atoms with Crippen LogP contribution in [-0.2, 0) is 38.1 Å². The summed E-state index contributed by atoms with van der Waals surface area (Å²) in [6.45, 7) is 9.22. The van der Waals surface area contributed by atoms with Gasteiger partial charge in [0, 0.05) is 23.0 Å². The fourth-order valence-electron chi connectivity index (χ4n) is 7.45. The predicted octanol–water partition coefficient (Wildman–Crippen LogP) is 4.70. The SMILES string of the molecule is CC=C(C)C(=O)O[C@@H]1C[C@H]2[C@]3(CC[C@@H](C)[C@]24C[C@H](c2ccoc2)OC4=O)COC(=O)[C@@H]3[C@@H]1OC(=O)[C@H](C)CC. The third-order valence-electron chi connectivity index (χ3n) is 10.1. The fourth-order valence-corrected chi connectivity index (χ4v) is 7.45. The molecule has 2 saturated heterocycles. The maximum atomic E-state index is 13.9. The Morgan fingerprint density at radius 1 is 1.26 bits per heavy atom. The Balaban J connectivity index is 1.59. The molecule has 2 aliphatic carbocycles. The standard InChI is InChI=1S/C30H38O9/c1-6-16(3)25(31)37-20-12-22-29(15-36-27(33)23(29)24(20)39-26(32)17(4)7-2)10-8-18(5)30(22)13-21(38-28(30)34)19-9-11-35-14-19/h6,9,11,14,17-18,20-24H,7-8,10,12-13,15H2,1-5H3/t17-,18-,20-,21-,22+,23+,24-,29+,30-/m1/s1. The molecule has 0 bridgehead atoms. The van der Waals surface area contributed by atoms with E-state index in [0.29, 0.717) is 31.3 Å². The Labute approximate surface area is 228 Å². The van der Waals surface area contributed by atoms with Crippen LogP contribution in [0, 0.1) is 34.5 Å². The zero-order valence-corrected chi connectivity index (χ0v) is 23.3. The van der Waals surface area contributed by atoms with E-state index in [-0.39, 0.29) is 36.8 Å². The van der Waals surface area contributed by atoms with Gasteiger partial charge in [0.2, 0.25) is 0 Å². The number of rotatable bonds is 6. The van der Waals surface area contributed by atoms with Gasteiger partial charge >= 0.3 is 23.9 Å². The van der Waals surface area contributed by atoms with Gasteiger partial charge in [0.15, 0.2) is 6.10 Å². The summed E-state index contributed by atoms with van der Waals surface area (Å²) in [6.07, 6.45) is 4.95. The van der Waals surface area contributed by atoms with Crippen LogP contribution >= 0.6 is 0 Å². The molecule has 0 amide bonds. The number of allylic oxidation sites excluding steroid dienone is 1. The first-order valence-electron chi connectivity index (χ1n) is 14.0. The number of fused-ring (bicyclic) bond motifs is 1. The van der Waals surface area contributed by atoms with Crippen LogP contribution in [0.25, 0.3) is 0 Å². The van der Waals surface area contributed by atoms with Crippen molar-refractivity contribution in [2.75, 3.05) is 6.61 Å². The zero-order chi connectivity index (χ0) is 28.1. The van der Waals surface area contributed by atoms with Crippen molar-refractivity contribution in [2.45, 2.75) is 85.0 Å². The summed E-state index contributed by atoms with van der Waals surface area (Å²) in [5.74, 6) is -3.44. The maximum absolute atomic E-state index is 13.9. The van der Waals surface area contributed by atoms with Gasteiger partial charge in [-0.25, -0.2) is 4.79 Å². The highest BCUT2D eigenvalue weighted by Crippen LogP contribution is 2.68. The lowest BCUT2D eigenvalue weighted by Gasteiger charge is -2.58. The van der Waals surface area contributed by atoms with Crippen molar-refractivity contribution in [1.82, 2.24) is 0 Å². The minimum absolute atomic E-state index is 0.0401. The third-order valence-corrected chi connectivity index (χ3v) is 10.1. The Morgan fingerprint density at radius 3 is 2.69 bits per heavy atom. The third kappa shape index (κ3) is 4.19. The smallest absolute Gasteiger partial charge is 0.333 e. The van der Waals surface area contributed by atoms with E-state index < -0.39 is 53.0 Å². The Hall–Kier alpha value is -3.10. The van der Waals surface area contributed by atoms with Crippen LogP contribution < -0.4 is 0 Å². The molecule has 4 fully saturated rings. The number of cyclic esters (lactones) is 2. The Morgan fingerprint density at radius 2 is 2.03 bits per heavy atom. The van der Waals surface area contributed by atoms with Crippen LogP contribution in [0.2, 0.25) is 0 Å².